The van der Waals surface area contributed by atoms with E-state index in [2.05, 4.69) is 24.1 Å². The highest BCUT2D eigenvalue weighted by atomic mass is 16.4. The summed E-state index contributed by atoms with van der Waals surface area (Å²) in [5, 5.41) is 12.1. The lowest BCUT2D eigenvalue weighted by atomic mass is 10.2. The van der Waals surface area contributed by atoms with Crippen LogP contribution in [0.1, 0.15) is 30.8 Å². The highest BCUT2D eigenvalue weighted by molar-refractivity contribution is 5.91. The van der Waals surface area contributed by atoms with Crippen LogP contribution >= 0.6 is 0 Å². The first-order valence-electron chi connectivity index (χ1n) is 4.95. The first-order valence-corrected chi connectivity index (χ1v) is 4.95. The van der Waals surface area contributed by atoms with Gasteiger partial charge in [0.25, 0.3) is 0 Å². The van der Waals surface area contributed by atoms with Crippen LogP contribution in [-0.2, 0) is 0 Å². The van der Waals surface area contributed by atoms with Gasteiger partial charge in [-0.05, 0) is 24.0 Å². The van der Waals surface area contributed by atoms with Crippen molar-refractivity contribution in [1.82, 2.24) is 4.98 Å². The van der Waals surface area contributed by atoms with Gasteiger partial charge in [-0.15, -0.1) is 0 Å². The number of pyridine rings is 1. The van der Waals surface area contributed by atoms with Gasteiger partial charge in [-0.25, -0.2) is 9.78 Å². The van der Waals surface area contributed by atoms with Gasteiger partial charge in [-0.1, -0.05) is 13.8 Å². The van der Waals surface area contributed by atoms with Crippen LogP contribution in [0.4, 0.5) is 5.69 Å². The van der Waals surface area contributed by atoms with Crippen molar-refractivity contribution in [2.24, 2.45) is 5.41 Å². The van der Waals surface area contributed by atoms with Crippen molar-refractivity contribution < 1.29 is 9.90 Å². The zero-order valence-electron chi connectivity index (χ0n) is 8.82. The molecule has 1 aromatic heterocycles. The second-order valence-corrected chi connectivity index (χ2v) is 4.59. The lowest BCUT2D eigenvalue weighted by molar-refractivity contribution is 0.0691. The summed E-state index contributed by atoms with van der Waals surface area (Å²) in [5.74, 6) is -0.989. The molecular weight excluding hydrogens is 192 g/mol. The van der Waals surface area contributed by atoms with Crippen LogP contribution in [0.25, 0.3) is 0 Å². The minimum absolute atomic E-state index is 0.0974. The smallest absolute Gasteiger partial charge is 0.356 e. The maximum absolute atomic E-state index is 10.9. The molecule has 2 N–H and O–H groups in total. The molecule has 4 nitrogen and oxygen atoms in total. The van der Waals surface area contributed by atoms with E-state index in [1.165, 1.54) is 6.20 Å². The van der Waals surface area contributed by atoms with E-state index < -0.39 is 5.97 Å². The van der Waals surface area contributed by atoms with Gasteiger partial charge in [0.15, 0.2) is 5.69 Å². The van der Waals surface area contributed by atoms with Crippen molar-refractivity contribution >= 4 is 11.7 Å². The van der Waals surface area contributed by atoms with E-state index in [0.29, 0.717) is 11.7 Å². The van der Waals surface area contributed by atoms with Crippen molar-refractivity contribution in [3.05, 3.63) is 24.0 Å². The van der Waals surface area contributed by atoms with Crippen LogP contribution in [0.2, 0.25) is 0 Å². The second kappa shape index (κ2) is 3.22. The topological polar surface area (TPSA) is 62.2 Å². The molecule has 80 valence electrons. The number of nitrogens with one attached hydrogen (secondary N) is 1. The first-order chi connectivity index (χ1) is 7.00. The minimum Gasteiger partial charge on any atom is -0.476 e. The second-order valence-electron chi connectivity index (χ2n) is 4.59. The predicted molar refractivity (Wildman–Crippen MR) is 57.0 cm³/mol. The molecule has 4 heteroatoms. The maximum atomic E-state index is 10.9. The minimum atomic E-state index is -0.989. The molecule has 1 saturated carbocycles. The average molecular weight is 206 g/mol. The molecule has 0 aliphatic heterocycles. The number of anilines is 1. The van der Waals surface area contributed by atoms with Crippen LogP contribution in [0, 0.1) is 5.41 Å². The number of rotatable bonds is 3. The molecule has 1 atom stereocenters. The van der Waals surface area contributed by atoms with E-state index in [-0.39, 0.29) is 11.1 Å². The summed E-state index contributed by atoms with van der Waals surface area (Å²) in [4.78, 5) is 14.7. The number of carbonyl (C=O) groups is 1. The Labute approximate surface area is 88.3 Å². The van der Waals surface area contributed by atoms with Crippen LogP contribution in [0.5, 0.6) is 0 Å². The number of aromatic carboxylic acids is 1. The maximum Gasteiger partial charge on any atom is 0.356 e. The van der Waals surface area contributed by atoms with Gasteiger partial charge in [0, 0.05) is 12.2 Å². The molecule has 1 aliphatic rings. The average Bonchev–Trinajstić information content (AvgIpc) is 2.74. The van der Waals surface area contributed by atoms with E-state index in [4.69, 9.17) is 5.11 Å². The lowest BCUT2D eigenvalue weighted by Gasteiger charge is -2.09. The summed E-state index contributed by atoms with van der Waals surface area (Å²) < 4.78 is 0. The fourth-order valence-electron chi connectivity index (χ4n) is 1.59. The highest BCUT2D eigenvalue weighted by Crippen LogP contribution is 2.46. The van der Waals surface area contributed by atoms with Gasteiger partial charge < -0.3 is 10.4 Å². The Morgan fingerprint density at radius 2 is 2.33 bits per heavy atom. The number of hydrogen-bond acceptors (Lipinski definition) is 3. The van der Waals surface area contributed by atoms with Gasteiger partial charge in [0.1, 0.15) is 0 Å². The van der Waals surface area contributed by atoms with Crippen molar-refractivity contribution in [2.75, 3.05) is 5.32 Å². The van der Waals surface area contributed by atoms with Crippen molar-refractivity contribution in [3.63, 3.8) is 0 Å². The largest absolute Gasteiger partial charge is 0.476 e. The quantitative estimate of drug-likeness (QED) is 0.793. The molecule has 1 fully saturated rings. The standard InChI is InChI=1S/C11H14N2O2/c1-11(2)6-8(11)13-7-4-3-5-12-9(7)10(14)15/h3-5,8,13H,6H2,1-2H3,(H,14,15). The Hall–Kier alpha value is -1.58. The fraction of sp³-hybridized carbons (Fsp3) is 0.455. The van der Waals surface area contributed by atoms with Crippen LogP contribution < -0.4 is 5.32 Å². The van der Waals surface area contributed by atoms with Gasteiger partial charge >= 0.3 is 5.97 Å². The summed E-state index contributed by atoms with van der Waals surface area (Å²) in [6.07, 6.45) is 2.56. The molecule has 0 spiro atoms. The third kappa shape index (κ3) is 1.93. The molecule has 2 rings (SSSR count). The van der Waals surface area contributed by atoms with Gasteiger partial charge in [0.2, 0.25) is 0 Å². The fourth-order valence-corrected chi connectivity index (χ4v) is 1.59. The molecule has 0 amide bonds. The van der Waals surface area contributed by atoms with E-state index in [1.54, 1.807) is 12.1 Å². The molecule has 0 saturated heterocycles. The zero-order chi connectivity index (χ0) is 11.1. The zero-order valence-corrected chi connectivity index (χ0v) is 8.82. The van der Waals surface area contributed by atoms with Crippen LogP contribution in [0.3, 0.4) is 0 Å². The van der Waals surface area contributed by atoms with Crippen molar-refractivity contribution in [2.45, 2.75) is 26.3 Å². The monoisotopic (exact) mass is 206 g/mol. The molecule has 1 aromatic rings. The van der Waals surface area contributed by atoms with E-state index in [9.17, 15) is 4.79 Å². The molecule has 15 heavy (non-hydrogen) atoms. The molecule has 1 heterocycles. The summed E-state index contributed by atoms with van der Waals surface area (Å²) in [6.45, 7) is 4.31. The number of nitrogens with zero attached hydrogens (tertiary/aromatic N) is 1. The van der Waals surface area contributed by atoms with Crippen molar-refractivity contribution in [1.29, 1.82) is 0 Å². The predicted octanol–water partition coefficient (Wildman–Crippen LogP) is 1.99. The molecule has 0 bridgehead atoms. The van der Waals surface area contributed by atoms with Crippen LogP contribution in [-0.4, -0.2) is 22.1 Å². The van der Waals surface area contributed by atoms with E-state index in [0.717, 1.165) is 6.42 Å². The van der Waals surface area contributed by atoms with E-state index in [1.807, 2.05) is 0 Å². The van der Waals surface area contributed by atoms with Gasteiger partial charge in [-0.2, -0.15) is 0 Å². The van der Waals surface area contributed by atoms with Gasteiger partial charge in [-0.3, -0.25) is 0 Å². The van der Waals surface area contributed by atoms with Gasteiger partial charge in [0.05, 0.1) is 5.69 Å². The van der Waals surface area contributed by atoms with Crippen LogP contribution in [0.15, 0.2) is 18.3 Å². The summed E-state index contributed by atoms with van der Waals surface area (Å²) in [6, 6.07) is 3.86. The Bertz CT molecular complexity index is 401. The Morgan fingerprint density at radius 1 is 1.67 bits per heavy atom. The summed E-state index contributed by atoms with van der Waals surface area (Å²) in [7, 11) is 0. The Balaban J connectivity index is 2.18. The summed E-state index contributed by atoms with van der Waals surface area (Å²) >= 11 is 0. The third-order valence-corrected chi connectivity index (χ3v) is 2.85. The van der Waals surface area contributed by atoms with E-state index >= 15 is 0 Å². The number of carboxylic acids is 1. The number of hydrogen-bond donors (Lipinski definition) is 2. The first kappa shape index (κ1) is 9.96. The molecular formula is C11H14N2O2. The van der Waals surface area contributed by atoms with Crippen molar-refractivity contribution in [3.8, 4) is 0 Å². The summed E-state index contributed by atoms with van der Waals surface area (Å²) in [5.41, 5.74) is 0.979. The molecule has 1 unspecified atom stereocenters. The normalized spacial score (nSPS) is 22.1. The third-order valence-electron chi connectivity index (χ3n) is 2.85. The number of aromatic nitrogens is 1. The Kier molecular flexibility index (Phi) is 2.14. The molecule has 0 aromatic carbocycles. The SMILES string of the molecule is CC1(C)CC1Nc1cccnc1C(=O)O. The Morgan fingerprint density at radius 3 is 2.87 bits per heavy atom. The molecule has 0 radical (unpaired) electrons. The lowest BCUT2D eigenvalue weighted by Crippen LogP contribution is -2.13. The highest BCUT2D eigenvalue weighted by Gasteiger charge is 2.46. The number of carboxylic acid groups (broad SMARTS) is 1. The molecule has 1 aliphatic carbocycles.